The summed E-state index contributed by atoms with van der Waals surface area (Å²) in [6, 6.07) is 9.84. The largest absolute Gasteiger partial charge is 0.396 e. The molecular formula is C28H42N2O3. The number of rotatable bonds is 5. The zero-order valence-electron chi connectivity index (χ0n) is 21.8. The Bertz CT molecular complexity index is 876. The molecule has 182 valence electrons. The van der Waals surface area contributed by atoms with Crippen LogP contribution in [0.15, 0.2) is 42.1 Å². The zero-order valence-corrected chi connectivity index (χ0v) is 21.8. The SMILES string of the molecule is CC1(C)CCCC(C)(C)N1OC(=O)C=C=C(ON1C(C)(C)CCCC1(C)C)c1ccccc1. The maximum absolute atomic E-state index is 12.9. The van der Waals surface area contributed by atoms with Crippen molar-refractivity contribution in [3.05, 3.63) is 47.7 Å². The lowest BCUT2D eigenvalue weighted by atomic mass is 9.82. The molecule has 0 aliphatic carbocycles. The summed E-state index contributed by atoms with van der Waals surface area (Å²) in [5.41, 5.74) is 3.31. The molecule has 2 heterocycles. The van der Waals surface area contributed by atoms with Crippen LogP contribution in [0.25, 0.3) is 5.76 Å². The van der Waals surface area contributed by atoms with Crippen molar-refractivity contribution in [2.45, 2.75) is 116 Å². The number of benzene rings is 1. The molecule has 0 radical (unpaired) electrons. The van der Waals surface area contributed by atoms with Gasteiger partial charge in [-0.15, -0.1) is 10.1 Å². The van der Waals surface area contributed by atoms with Crippen LogP contribution in [0.1, 0.15) is 99.5 Å². The summed E-state index contributed by atoms with van der Waals surface area (Å²) in [5, 5.41) is 3.94. The van der Waals surface area contributed by atoms with Gasteiger partial charge in [0.05, 0.1) is 28.2 Å². The van der Waals surface area contributed by atoms with Gasteiger partial charge in [-0.1, -0.05) is 36.1 Å². The Morgan fingerprint density at radius 2 is 1.18 bits per heavy atom. The molecule has 2 aliphatic rings. The summed E-state index contributed by atoms with van der Waals surface area (Å²) < 4.78 is 0. The van der Waals surface area contributed by atoms with Gasteiger partial charge in [0, 0.05) is 5.56 Å². The van der Waals surface area contributed by atoms with Gasteiger partial charge in [0.25, 0.3) is 0 Å². The van der Waals surface area contributed by atoms with E-state index in [-0.39, 0.29) is 22.2 Å². The van der Waals surface area contributed by atoms with E-state index in [9.17, 15) is 4.79 Å². The third-order valence-corrected chi connectivity index (χ3v) is 7.07. The van der Waals surface area contributed by atoms with Crippen LogP contribution in [0, 0.1) is 0 Å². The van der Waals surface area contributed by atoms with E-state index >= 15 is 0 Å². The topological polar surface area (TPSA) is 42.0 Å². The van der Waals surface area contributed by atoms with Crippen molar-refractivity contribution >= 4 is 11.7 Å². The van der Waals surface area contributed by atoms with Gasteiger partial charge in [0.2, 0.25) is 0 Å². The first-order valence-corrected chi connectivity index (χ1v) is 12.3. The van der Waals surface area contributed by atoms with Gasteiger partial charge < -0.3 is 9.68 Å². The summed E-state index contributed by atoms with van der Waals surface area (Å²) in [4.78, 5) is 25.3. The van der Waals surface area contributed by atoms with Crippen molar-refractivity contribution in [3.63, 3.8) is 0 Å². The molecule has 0 spiro atoms. The molecule has 0 amide bonds. The fourth-order valence-electron chi connectivity index (χ4n) is 5.53. The number of hydrogen-bond donors (Lipinski definition) is 0. The maximum Gasteiger partial charge on any atom is 0.357 e. The Morgan fingerprint density at radius 1 is 0.758 bits per heavy atom. The lowest BCUT2D eigenvalue weighted by Gasteiger charge is -2.51. The molecule has 1 aromatic carbocycles. The van der Waals surface area contributed by atoms with Crippen molar-refractivity contribution < 1.29 is 14.5 Å². The van der Waals surface area contributed by atoms with E-state index in [1.807, 2.05) is 35.4 Å². The van der Waals surface area contributed by atoms with E-state index in [0.29, 0.717) is 5.76 Å². The molecule has 1 aromatic rings. The summed E-state index contributed by atoms with van der Waals surface area (Å²) in [7, 11) is 0. The number of piperidine rings is 2. The predicted octanol–water partition coefficient (Wildman–Crippen LogP) is 6.66. The van der Waals surface area contributed by atoms with E-state index in [4.69, 9.17) is 9.68 Å². The third kappa shape index (κ3) is 5.90. The van der Waals surface area contributed by atoms with E-state index in [2.05, 4.69) is 66.2 Å². The third-order valence-electron chi connectivity index (χ3n) is 7.07. The quantitative estimate of drug-likeness (QED) is 0.283. The second-order valence-corrected chi connectivity index (χ2v) is 12.0. The minimum Gasteiger partial charge on any atom is -0.396 e. The number of hydrogen-bond acceptors (Lipinski definition) is 5. The number of carbonyl (C=O) groups is 1. The summed E-state index contributed by atoms with van der Waals surface area (Å²) >= 11 is 0. The first-order chi connectivity index (χ1) is 15.2. The molecule has 0 N–H and O–H groups in total. The zero-order chi connectivity index (χ0) is 24.5. The van der Waals surface area contributed by atoms with Gasteiger partial charge in [-0.3, -0.25) is 0 Å². The van der Waals surface area contributed by atoms with E-state index in [1.54, 1.807) is 0 Å². The van der Waals surface area contributed by atoms with Crippen molar-refractivity contribution in [2.75, 3.05) is 0 Å². The first kappa shape index (κ1) is 25.6. The van der Waals surface area contributed by atoms with Crippen molar-refractivity contribution in [1.82, 2.24) is 10.1 Å². The first-order valence-electron chi connectivity index (χ1n) is 12.3. The molecule has 2 saturated heterocycles. The van der Waals surface area contributed by atoms with E-state index in [0.717, 1.165) is 44.1 Å². The van der Waals surface area contributed by atoms with Crippen molar-refractivity contribution in [1.29, 1.82) is 0 Å². The Morgan fingerprint density at radius 3 is 1.64 bits per heavy atom. The Labute approximate surface area is 200 Å². The fourth-order valence-corrected chi connectivity index (χ4v) is 5.53. The molecule has 0 aromatic heterocycles. The molecule has 0 saturated carbocycles. The molecule has 0 atom stereocenters. The minimum atomic E-state index is -0.438. The van der Waals surface area contributed by atoms with Crippen LogP contribution in [0.4, 0.5) is 0 Å². The van der Waals surface area contributed by atoms with Gasteiger partial charge in [0.1, 0.15) is 0 Å². The summed E-state index contributed by atoms with van der Waals surface area (Å²) in [5.74, 6) is 0.0833. The molecule has 33 heavy (non-hydrogen) atoms. The number of hydroxylamine groups is 4. The van der Waals surface area contributed by atoms with Crippen molar-refractivity contribution in [2.24, 2.45) is 0 Å². The van der Waals surface area contributed by atoms with E-state index in [1.165, 1.54) is 6.08 Å². The predicted molar refractivity (Wildman–Crippen MR) is 133 cm³/mol. The monoisotopic (exact) mass is 454 g/mol. The molecule has 0 bridgehead atoms. The second kappa shape index (κ2) is 9.29. The van der Waals surface area contributed by atoms with Crippen LogP contribution < -0.4 is 0 Å². The van der Waals surface area contributed by atoms with Crippen LogP contribution in [-0.4, -0.2) is 38.3 Å². The second-order valence-electron chi connectivity index (χ2n) is 12.0. The van der Waals surface area contributed by atoms with Crippen molar-refractivity contribution in [3.8, 4) is 0 Å². The lowest BCUT2D eigenvalue weighted by Crippen LogP contribution is -2.58. The van der Waals surface area contributed by atoms with E-state index < -0.39 is 5.97 Å². The summed E-state index contributed by atoms with van der Waals surface area (Å²) in [6.07, 6.45) is 7.71. The van der Waals surface area contributed by atoms with Gasteiger partial charge in [-0.05, 0) is 93.9 Å². The number of nitrogens with zero attached hydrogens (tertiary/aromatic N) is 2. The average Bonchev–Trinajstić information content (AvgIpc) is 2.69. The molecule has 2 fully saturated rings. The standard InChI is InChI=1S/C28H42N2O3/c1-25(2)18-12-19-26(3,4)29(25)32-23(22-14-10-9-11-15-22)16-17-24(31)33-30-27(5,6)20-13-21-28(30,7)8/h9-11,14-15,17H,12-13,18-21H2,1-8H3. The minimum absolute atomic E-state index is 0.133. The average molecular weight is 455 g/mol. The number of carbonyl (C=O) groups excluding carboxylic acids is 1. The fraction of sp³-hybridized carbons (Fsp3) is 0.643. The molecule has 2 aliphatic heterocycles. The smallest absolute Gasteiger partial charge is 0.357 e. The van der Waals surface area contributed by atoms with Crippen LogP contribution in [0.5, 0.6) is 0 Å². The van der Waals surface area contributed by atoms with Crippen LogP contribution in [-0.2, 0) is 14.5 Å². The lowest BCUT2D eigenvalue weighted by molar-refractivity contribution is -0.261. The summed E-state index contributed by atoms with van der Waals surface area (Å²) in [6.45, 7) is 17.3. The Hall–Kier alpha value is -2.07. The Balaban J connectivity index is 1.91. The van der Waals surface area contributed by atoms with Gasteiger partial charge in [0.15, 0.2) is 5.76 Å². The molecule has 5 heteroatoms. The highest BCUT2D eigenvalue weighted by molar-refractivity contribution is 5.82. The molecule has 3 rings (SSSR count). The highest BCUT2D eigenvalue weighted by Crippen LogP contribution is 2.40. The van der Waals surface area contributed by atoms with Crippen LogP contribution >= 0.6 is 0 Å². The normalized spacial score (nSPS) is 23.8. The molecular weight excluding hydrogens is 412 g/mol. The van der Waals surface area contributed by atoms with Gasteiger partial charge in [-0.2, -0.15) is 0 Å². The Kier molecular flexibility index (Phi) is 7.19. The molecule has 5 nitrogen and oxygen atoms in total. The molecule has 0 unspecified atom stereocenters. The van der Waals surface area contributed by atoms with Crippen LogP contribution in [0.3, 0.4) is 0 Å². The van der Waals surface area contributed by atoms with Gasteiger partial charge in [-0.25, -0.2) is 4.79 Å². The van der Waals surface area contributed by atoms with Crippen LogP contribution in [0.2, 0.25) is 0 Å². The maximum atomic E-state index is 12.9. The highest BCUT2D eigenvalue weighted by Gasteiger charge is 2.45. The highest BCUT2D eigenvalue weighted by atomic mass is 16.7. The van der Waals surface area contributed by atoms with Gasteiger partial charge >= 0.3 is 5.97 Å².